The number of nitrogens with one attached hydrogen (secondary N) is 2. The van der Waals surface area contributed by atoms with Gasteiger partial charge >= 0.3 is 6.03 Å². The number of nitrogens with two attached hydrogens (primary N) is 1. The molecule has 0 heterocycles. The number of benzene rings is 3. The molecule has 4 N–H and O–H groups in total. The second kappa shape index (κ2) is 8.38. The molecule has 3 rings (SSSR count). The fraction of sp³-hybridized carbons (Fsp3) is 0.0476. The van der Waals surface area contributed by atoms with E-state index in [0.29, 0.717) is 22.8 Å². The first-order valence-corrected chi connectivity index (χ1v) is 8.69. The maximum atomic E-state index is 12.4. The van der Waals surface area contributed by atoms with Crippen LogP contribution in [0.25, 0.3) is 11.1 Å². The van der Waals surface area contributed by atoms with Gasteiger partial charge < -0.3 is 16.4 Å². The summed E-state index contributed by atoms with van der Waals surface area (Å²) in [6.07, 6.45) is 0. The standard InChI is InChI=1S/C21H18ClN3O2/c22-17-9-5-14(6-10-17)19-4-2-1-3-16(19)13-24-20(26)15-7-11-18(12-8-15)25-21(23)27/h1-12H,13H2,(H,24,26)(H3,23,25,27). The van der Waals surface area contributed by atoms with E-state index >= 15 is 0 Å². The van der Waals surface area contributed by atoms with Gasteiger partial charge in [0.25, 0.3) is 5.91 Å². The fourth-order valence-electron chi connectivity index (χ4n) is 2.71. The average Bonchev–Trinajstić information content (AvgIpc) is 2.67. The van der Waals surface area contributed by atoms with Crippen molar-refractivity contribution in [2.75, 3.05) is 5.32 Å². The molecule has 0 fully saturated rings. The quantitative estimate of drug-likeness (QED) is 0.612. The van der Waals surface area contributed by atoms with Crippen LogP contribution in [0.4, 0.5) is 10.5 Å². The van der Waals surface area contributed by atoms with E-state index in [9.17, 15) is 9.59 Å². The first-order chi connectivity index (χ1) is 13.0. The summed E-state index contributed by atoms with van der Waals surface area (Å²) in [5.74, 6) is -0.202. The number of amides is 3. The van der Waals surface area contributed by atoms with Crippen molar-refractivity contribution in [1.82, 2.24) is 5.32 Å². The number of hydrogen-bond acceptors (Lipinski definition) is 2. The number of halogens is 1. The Hall–Kier alpha value is -3.31. The zero-order valence-electron chi connectivity index (χ0n) is 14.4. The molecule has 0 saturated heterocycles. The van der Waals surface area contributed by atoms with Gasteiger partial charge in [-0.1, -0.05) is 48.0 Å². The van der Waals surface area contributed by atoms with Crippen LogP contribution in [0.2, 0.25) is 5.02 Å². The van der Waals surface area contributed by atoms with Gasteiger partial charge in [-0.2, -0.15) is 0 Å². The van der Waals surface area contributed by atoms with E-state index < -0.39 is 6.03 Å². The highest BCUT2D eigenvalue weighted by Crippen LogP contribution is 2.25. The van der Waals surface area contributed by atoms with Gasteiger partial charge in [0.05, 0.1) is 0 Å². The molecule has 0 saturated carbocycles. The molecule has 0 aliphatic carbocycles. The van der Waals surface area contributed by atoms with Crippen LogP contribution < -0.4 is 16.4 Å². The summed E-state index contributed by atoms with van der Waals surface area (Å²) in [6.45, 7) is 0.388. The molecule has 0 aliphatic heterocycles. The van der Waals surface area contributed by atoms with Crippen LogP contribution in [-0.4, -0.2) is 11.9 Å². The number of hydrogen-bond donors (Lipinski definition) is 3. The predicted molar refractivity (Wildman–Crippen MR) is 108 cm³/mol. The third kappa shape index (κ3) is 4.86. The highest BCUT2D eigenvalue weighted by Gasteiger charge is 2.09. The smallest absolute Gasteiger partial charge is 0.316 e. The SMILES string of the molecule is NC(=O)Nc1ccc(C(=O)NCc2ccccc2-c2ccc(Cl)cc2)cc1. The Labute approximate surface area is 162 Å². The fourth-order valence-corrected chi connectivity index (χ4v) is 2.84. The molecular weight excluding hydrogens is 362 g/mol. The molecule has 0 aromatic heterocycles. The summed E-state index contributed by atoms with van der Waals surface area (Å²) >= 11 is 5.96. The Morgan fingerprint density at radius 3 is 2.22 bits per heavy atom. The number of primary amides is 1. The van der Waals surface area contributed by atoms with E-state index in [1.807, 2.05) is 48.5 Å². The first-order valence-electron chi connectivity index (χ1n) is 8.31. The highest BCUT2D eigenvalue weighted by molar-refractivity contribution is 6.30. The topological polar surface area (TPSA) is 84.2 Å². The Bertz CT molecular complexity index is 954. The highest BCUT2D eigenvalue weighted by atomic mass is 35.5. The Kier molecular flexibility index (Phi) is 5.74. The molecular formula is C21H18ClN3O2. The van der Waals surface area contributed by atoms with Gasteiger partial charge in [-0.05, 0) is 53.1 Å². The van der Waals surface area contributed by atoms with Gasteiger partial charge in [-0.25, -0.2) is 4.79 Å². The number of carbonyl (C=O) groups excluding carboxylic acids is 2. The molecule has 0 aliphatic rings. The van der Waals surface area contributed by atoms with E-state index in [4.69, 9.17) is 17.3 Å². The average molecular weight is 380 g/mol. The minimum atomic E-state index is -0.647. The molecule has 0 atom stereocenters. The van der Waals surface area contributed by atoms with Crippen molar-refractivity contribution < 1.29 is 9.59 Å². The number of carbonyl (C=O) groups is 2. The normalized spacial score (nSPS) is 10.3. The lowest BCUT2D eigenvalue weighted by molar-refractivity contribution is 0.0951. The molecule has 0 spiro atoms. The molecule has 0 bridgehead atoms. The van der Waals surface area contributed by atoms with E-state index in [1.165, 1.54) is 0 Å². The van der Waals surface area contributed by atoms with Gasteiger partial charge in [0.15, 0.2) is 0 Å². The first kappa shape index (κ1) is 18.5. The predicted octanol–water partition coefficient (Wildman–Crippen LogP) is 4.43. The van der Waals surface area contributed by atoms with Gasteiger partial charge in [-0.3, -0.25) is 4.79 Å². The third-order valence-corrected chi connectivity index (χ3v) is 4.28. The van der Waals surface area contributed by atoms with Gasteiger partial charge in [0.2, 0.25) is 0 Å². The van der Waals surface area contributed by atoms with E-state index in [2.05, 4.69) is 10.6 Å². The van der Waals surface area contributed by atoms with E-state index in [0.717, 1.165) is 16.7 Å². The van der Waals surface area contributed by atoms with Gasteiger partial charge in [-0.15, -0.1) is 0 Å². The second-order valence-corrected chi connectivity index (χ2v) is 6.35. The molecule has 5 nitrogen and oxygen atoms in total. The summed E-state index contributed by atoms with van der Waals surface area (Å²) in [7, 11) is 0. The van der Waals surface area contributed by atoms with Gasteiger partial charge in [0.1, 0.15) is 0 Å². The maximum absolute atomic E-state index is 12.4. The minimum Gasteiger partial charge on any atom is -0.351 e. The number of urea groups is 1. The van der Waals surface area contributed by atoms with Crippen molar-refractivity contribution in [1.29, 1.82) is 0 Å². The third-order valence-electron chi connectivity index (χ3n) is 4.03. The Morgan fingerprint density at radius 1 is 0.889 bits per heavy atom. The van der Waals surface area contributed by atoms with Crippen LogP contribution >= 0.6 is 11.6 Å². The van der Waals surface area contributed by atoms with Crippen LogP contribution in [0.5, 0.6) is 0 Å². The van der Waals surface area contributed by atoms with Crippen molar-refractivity contribution >= 4 is 29.2 Å². The molecule has 3 aromatic rings. The largest absolute Gasteiger partial charge is 0.351 e. The Morgan fingerprint density at radius 2 is 1.56 bits per heavy atom. The van der Waals surface area contributed by atoms with Crippen molar-refractivity contribution in [3.63, 3.8) is 0 Å². The molecule has 3 aromatic carbocycles. The van der Waals surface area contributed by atoms with Crippen LogP contribution in [0, 0.1) is 0 Å². The van der Waals surface area contributed by atoms with E-state index in [1.54, 1.807) is 24.3 Å². The summed E-state index contributed by atoms with van der Waals surface area (Å²) in [6, 6.07) is 21.3. The molecule has 0 radical (unpaired) electrons. The monoisotopic (exact) mass is 379 g/mol. The lowest BCUT2D eigenvalue weighted by Gasteiger charge is -2.11. The van der Waals surface area contributed by atoms with Crippen molar-refractivity contribution in [2.24, 2.45) is 5.73 Å². The van der Waals surface area contributed by atoms with Crippen molar-refractivity contribution in [2.45, 2.75) is 6.54 Å². The second-order valence-electron chi connectivity index (χ2n) is 5.91. The molecule has 3 amide bonds. The summed E-state index contributed by atoms with van der Waals surface area (Å²) in [5.41, 5.74) is 9.17. The summed E-state index contributed by atoms with van der Waals surface area (Å²) < 4.78 is 0. The number of rotatable bonds is 5. The van der Waals surface area contributed by atoms with Gasteiger partial charge in [0, 0.05) is 22.8 Å². The minimum absolute atomic E-state index is 0.202. The van der Waals surface area contributed by atoms with Crippen molar-refractivity contribution in [3.05, 3.63) is 88.9 Å². The molecule has 136 valence electrons. The van der Waals surface area contributed by atoms with Crippen LogP contribution in [0.1, 0.15) is 15.9 Å². The summed E-state index contributed by atoms with van der Waals surface area (Å²) in [5, 5.41) is 6.06. The van der Waals surface area contributed by atoms with Crippen LogP contribution in [0.15, 0.2) is 72.8 Å². The summed E-state index contributed by atoms with van der Waals surface area (Å²) in [4.78, 5) is 23.2. The lowest BCUT2D eigenvalue weighted by atomic mass is 9.99. The zero-order chi connectivity index (χ0) is 19.2. The number of anilines is 1. The molecule has 0 unspecified atom stereocenters. The maximum Gasteiger partial charge on any atom is 0.316 e. The molecule has 27 heavy (non-hydrogen) atoms. The molecule has 6 heteroatoms. The van der Waals surface area contributed by atoms with Crippen molar-refractivity contribution in [3.8, 4) is 11.1 Å². The Balaban J connectivity index is 1.70. The lowest BCUT2D eigenvalue weighted by Crippen LogP contribution is -2.23. The zero-order valence-corrected chi connectivity index (χ0v) is 15.2. The van der Waals surface area contributed by atoms with Crippen LogP contribution in [0.3, 0.4) is 0 Å². The van der Waals surface area contributed by atoms with E-state index in [-0.39, 0.29) is 5.91 Å². The van der Waals surface area contributed by atoms with Crippen LogP contribution in [-0.2, 0) is 6.54 Å².